The van der Waals surface area contributed by atoms with Crippen molar-refractivity contribution < 1.29 is 28.4 Å². The fourth-order valence-corrected chi connectivity index (χ4v) is 4.35. The summed E-state index contributed by atoms with van der Waals surface area (Å²) in [7, 11) is 4.73. The van der Waals surface area contributed by atoms with Crippen LogP contribution in [0.4, 0.5) is 10.7 Å². The number of benzene rings is 1. The molecule has 174 valence electrons. The van der Waals surface area contributed by atoms with Gasteiger partial charge in [-0.3, -0.25) is 19.4 Å². The number of aryl methyl sites for hydroxylation is 1. The third kappa shape index (κ3) is 3.49. The number of imidazole rings is 1. The normalized spacial score (nSPS) is 17.1. The van der Waals surface area contributed by atoms with Crippen LogP contribution in [-0.2, 0) is 22.6 Å². The predicted molar refractivity (Wildman–Crippen MR) is 118 cm³/mol. The minimum Gasteiger partial charge on any atom is -0.493 e. The summed E-state index contributed by atoms with van der Waals surface area (Å²) in [4.78, 5) is 44.1. The van der Waals surface area contributed by atoms with E-state index in [1.54, 1.807) is 14.2 Å². The number of methoxy groups -OCH3 is 2. The maximum absolute atomic E-state index is 13.2. The largest absolute Gasteiger partial charge is 0.493 e. The second kappa shape index (κ2) is 8.23. The molecule has 11 heteroatoms. The van der Waals surface area contributed by atoms with E-state index < -0.39 is 30.4 Å². The van der Waals surface area contributed by atoms with Gasteiger partial charge in [0.25, 0.3) is 5.91 Å². The number of nitrogens with zero attached hydrogens (tertiary/aromatic N) is 5. The maximum Gasteiger partial charge on any atom is 0.402 e. The number of rotatable bonds is 7. The van der Waals surface area contributed by atoms with Crippen molar-refractivity contribution in [1.82, 2.24) is 14.4 Å². The molecule has 2 N–H and O–H groups in total. The zero-order chi connectivity index (χ0) is 24.0. The van der Waals surface area contributed by atoms with Gasteiger partial charge in [0.15, 0.2) is 11.5 Å². The predicted octanol–water partition coefficient (Wildman–Crippen LogP) is 0.616. The number of imide groups is 1. The Morgan fingerprint density at radius 2 is 1.88 bits per heavy atom. The first-order valence-corrected chi connectivity index (χ1v) is 10.5. The van der Waals surface area contributed by atoms with Gasteiger partial charge >= 0.3 is 12.0 Å². The Labute approximate surface area is 191 Å². The number of ether oxygens (including phenoxy) is 2. The van der Waals surface area contributed by atoms with E-state index in [0.29, 0.717) is 36.2 Å². The first-order valence-electron chi connectivity index (χ1n) is 10.5. The number of amidine groups is 1. The van der Waals surface area contributed by atoms with Gasteiger partial charge in [0.1, 0.15) is 17.9 Å². The van der Waals surface area contributed by atoms with E-state index in [9.17, 15) is 14.4 Å². The lowest BCUT2D eigenvalue weighted by Crippen LogP contribution is -2.59. The zero-order valence-electron chi connectivity index (χ0n) is 19.3. The average molecular weight is 455 g/mol. The number of nitrogens with two attached hydrogens (primary N) is 1. The third-order valence-corrected chi connectivity index (χ3v) is 6.21. The maximum atomic E-state index is 13.2. The second-order valence-corrected chi connectivity index (χ2v) is 8.04. The quantitative estimate of drug-likeness (QED) is 0.613. The van der Waals surface area contributed by atoms with Crippen LogP contribution < -0.4 is 19.8 Å². The highest BCUT2D eigenvalue weighted by atomic mass is 16.5. The summed E-state index contributed by atoms with van der Waals surface area (Å²) >= 11 is 0. The molecule has 2 aromatic rings. The van der Waals surface area contributed by atoms with Crippen molar-refractivity contribution in [2.24, 2.45) is 10.7 Å². The molecule has 1 unspecified atom stereocenters. The van der Waals surface area contributed by atoms with Crippen molar-refractivity contribution in [2.75, 3.05) is 27.8 Å². The number of amides is 4. The standard InChI is InChI=1S/C22H26N6O5/c1-12-13(2)28-18-19(25(3)22(31)27(20(18)30)11-17(23)29)24-21(28)26(12)9-8-14-6-7-15(32-4)16(10-14)33-5/h6-7,10,18H,8-9,11H2,1-5H3,(H-,23,29)/p+1. The van der Waals surface area contributed by atoms with Crippen molar-refractivity contribution in [2.45, 2.75) is 32.9 Å². The molecule has 2 aliphatic heterocycles. The van der Waals surface area contributed by atoms with Gasteiger partial charge in [0.2, 0.25) is 17.8 Å². The van der Waals surface area contributed by atoms with E-state index in [0.717, 1.165) is 21.9 Å². The fraction of sp³-hybridized carbons (Fsp3) is 0.409. The molecule has 2 aliphatic rings. The fourth-order valence-electron chi connectivity index (χ4n) is 4.35. The van der Waals surface area contributed by atoms with E-state index in [4.69, 9.17) is 15.2 Å². The van der Waals surface area contributed by atoms with Crippen LogP contribution in [0.25, 0.3) is 0 Å². The SMILES string of the molecule is COc1ccc(CC[n+]2c(C)c(C)n3c2N=C2C3C(=O)N(CC(N)=O)C(=O)N2C)cc1OC. The van der Waals surface area contributed by atoms with E-state index in [1.165, 1.54) is 11.9 Å². The third-order valence-electron chi connectivity index (χ3n) is 6.21. The number of fused-ring (bicyclic) bond motifs is 3. The number of primary amides is 1. The summed E-state index contributed by atoms with van der Waals surface area (Å²) in [6, 6.07) is 4.34. The molecule has 1 aromatic carbocycles. The summed E-state index contributed by atoms with van der Waals surface area (Å²) in [5.41, 5.74) is 8.13. The molecule has 3 heterocycles. The number of hydrogen-bond acceptors (Lipinski definition) is 6. The molecule has 4 rings (SSSR count). The number of carbonyl (C=O) groups is 3. The number of aromatic nitrogens is 2. The highest BCUT2D eigenvalue weighted by Gasteiger charge is 2.54. The summed E-state index contributed by atoms with van der Waals surface area (Å²) in [5, 5.41) is 0. The first kappa shape index (κ1) is 22.3. The van der Waals surface area contributed by atoms with Gasteiger partial charge in [-0.1, -0.05) is 11.1 Å². The van der Waals surface area contributed by atoms with Crippen LogP contribution in [0.2, 0.25) is 0 Å². The van der Waals surface area contributed by atoms with Crippen LogP contribution in [0.3, 0.4) is 0 Å². The van der Waals surface area contributed by atoms with Gasteiger partial charge in [0.05, 0.1) is 20.8 Å². The van der Waals surface area contributed by atoms with Crippen molar-refractivity contribution in [3.63, 3.8) is 0 Å². The van der Waals surface area contributed by atoms with E-state index in [2.05, 4.69) is 4.99 Å². The smallest absolute Gasteiger partial charge is 0.402 e. The average Bonchev–Trinajstić information content (AvgIpc) is 3.29. The number of carbonyl (C=O) groups excluding carboxylic acids is 3. The Kier molecular flexibility index (Phi) is 5.56. The Balaban J connectivity index is 1.68. The lowest BCUT2D eigenvalue weighted by molar-refractivity contribution is -0.688. The monoisotopic (exact) mass is 455 g/mol. The number of aliphatic imine (C=N–C) groups is 1. The molecular formula is C22H27N6O5+. The van der Waals surface area contributed by atoms with Crippen molar-refractivity contribution in [3.05, 3.63) is 35.2 Å². The number of likely N-dealkylation sites (N-methyl/N-ethyl adjacent to an activating group) is 1. The van der Waals surface area contributed by atoms with Crippen LogP contribution in [0.1, 0.15) is 23.0 Å². The van der Waals surface area contributed by atoms with Crippen LogP contribution in [0.5, 0.6) is 11.5 Å². The Morgan fingerprint density at radius 1 is 1.18 bits per heavy atom. The first-order chi connectivity index (χ1) is 15.7. The summed E-state index contributed by atoms with van der Waals surface area (Å²) < 4.78 is 14.5. The number of hydrogen-bond donors (Lipinski definition) is 1. The second-order valence-electron chi connectivity index (χ2n) is 8.04. The molecule has 0 aliphatic carbocycles. The Hall–Kier alpha value is -3.89. The Bertz CT molecular complexity index is 1200. The summed E-state index contributed by atoms with van der Waals surface area (Å²) in [6.45, 7) is 4.00. The minimum atomic E-state index is -0.817. The molecule has 1 saturated heterocycles. The van der Waals surface area contributed by atoms with Crippen LogP contribution in [-0.4, -0.2) is 65.9 Å². The lowest BCUT2D eigenvalue weighted by Gasteiger charge is -2.32. The molecule has 1 aromatic heterocycles. The van der Waals surface area contributed by atoms with E-state index >= 15 is 0 Å². The molecule has 1 atom stereocenters. The number of urea groups is 1. The lowest BCUT2D eigenvalue weighted by atomic mass is 10.1. The molecule has 0 radical (unpaired) electrons. The molecule has 33 heavy (non-hydrogen) atoms. The van der Waals surface area contributed by atoms with Gasteiger partial charge in [-0.05, 0) is 31.5 Å². The van der Waals surface area contributed by atoms with Crippen molar-refractivity contribution in [1.29, 1.82) is 0 Å². The zero-order valence-corrected chi connectivity index (χ0v) is 19.3. The molecule has 4 amide bonds. The highest BCUT2D eigenvalue weighted by molar-refractivity contribution is 6.21. The van der Waals surface area contributed by atoms with Crippen LogP contribution >= 0.6 is 0 Å². The van der Waals surface area contributed by atoms with Gasteiger partial charge in [-0.25, -0.2) is 13.9 Å². The van der Waals surface area contributed by atoms with Gasteiger partial charge in [-0.15, -0.1) is 0 Å². The molecule has 0 saturated carbocycles. The van der Waals surface area contributed by atoms with E-state index in [1.807, 2.05) is 41.2 Å². The van der Waals surface area contributed by atoms with E-state index in [-0.39, 0.29) is 0 Å². The van der Waals surface area contributed by atoms with Gasteiger partial charge in [0, 0.05) is 13.5 Å². The minimum absolute atomic E-state index is 0.337. The molecular weight excluding hydrogens is 428 g/mol. The van der Waals surface area contributed by atoms with Crippen LogP contribution in [0.15, 0.2) is 23.2 Å². The van der Waals surface area contributed by atoms with Gasteiger partial charge in [-0.2, -0.15) is 0 Å². The summed E-state index contributed by atoms with van der Waals surface area (Å²) in [5.74, 6) is 0.964. The molecule has 0 spiro atoms. The van der Waals surface area contributed by atoms with Crippen molar-refractivity contribution >= 4 is 29.6 Å². The van der Waals surface area contributed by atoms with Crippen LogP contribution in [0, 0.1) is 13.8 Å². The Morgan fingerprint density at radius 3 is 2.52 bits per heavy atom. The molecule has 1 fully saturated rings. The van der Waals surface area contributed by atoms with Crippen molar-refractivity contribution in [3.8, 4) is 11.5 Å². The topological polar surface area (TPSA) is 123 Å². The molecule has 0 bridgehead atoms. The highest BCUT2D eigenvalue weighted by Crippen LogP contribution is 2.35. The summed E-state index contributed by atoms with van der Waals surface area (Å²) in [6.07, 6.45) is 0.689. The van der Waals surface area contributed by atoms with Gasteiger partial charge < -0.3 is 15.2 Å². The molecule has 11 nitrogen and oxygen atoms in total.